The van der Waals surface area contributed by atoms with Crippen LogP contribution in [0.4, 0.5) is 5.82 Å². The lowest BCUT2D eigenvalue weighted by atomic mass is 9.87. The number of unbranched alkanes of at least 4 members (excludes halogenated alkanes) is 6. The summed E-state index contributed by atoms with van der Waals surface area (Å²) in [5.74, 6) is -0.845. The highest BCUT2D eigenvalue weighted by molar-refractivity contribution is 8.13. The molecule has 3 heterocycles. The molecule has 0 aromatic carbocycles. The number of imidazole rings is 1. The first-order valence-electron chi connectivity index (χ1n) is 19.9. The second-order valence-corrected chi connectivity index (χ2v) is 20.9. The van der Waals surface area contributed by atoms with Gasteiger partial charge in [-0.1, -0.05) is 71.1 Å². The summed E-state index contributed by atoms with van der Waals surface area (Å²) in [6.45, 7) is 2.53. The SMILES string of the molecule is C[C@H](CCCCCCCCC=O)CC(=O)SCCNC(=O)CCNC(=O)C(O)C(C)(C)COP(=O)(O)OP(=O)(O)OC[C@H]1O[C@@H](n2cnc3c(N)ncnc32)[C@H](O)[C@@H]1OP(=O)(O)O. The van der Waals surface area contributed by atoms with Gasteiger partial charge in [-0.05, 0) is 12.3 Å². The number of nitrogens with one attached hydrogen (secondary N) is 2. The number of thioether (sulfide) groups is 1. The number of rotatable bonds is 30. The van der Waals surface area contributed by atoms with E-state index in [9.17, 15) is 62.7 Å². The number of phosphoric acid groups is 3. The number of nitrogen functional groups attached to an aromatic ring is 1. The van der Waals surface area contributed by atoms with Crippen LogP contribution < -0.4 is 16.4 Å². The van der Waals surface area contributed by atoms with E-state index < -0.39 is 84.6 Å². The van der Waals surface area contributed by atoms with Crippen molar-refractivity contribution in [2.45, 2.75) is 116 Å². The molecule has 10 N–H and O–H groups in total. The number of carbonyl (C=O) groups excluding carboxylic acids is 4. The van der Waals surface area contributed by atoms with Crippen molar-refractivity contribution in [2.75, 3.05) is 37.8 Å². The summed E-state index contributed by atoms with van der Waals surface area (Å²) in [5.41, 5.74) is 4.26. The monoisotopic (exact) mass is 977 g/mol. The molecule has 0 aliphatic carbocycles. The number of ether oxygens (including phenoxy) is 1. The minimum Gasteiger partial charge on any atom is -0.386 e. The fourth-order valence-electron chi connectivity index (χ4n) is 6.17. The predicted octanol–water partition coefficient (Wildman–Crippen LogP) is 2.01. The van der Waals surface area contributed by atoms with Gasteiger partial charge in [-0.15, -0.1) is 0 Å². The number of aromatic nitrogens is 4. The number of hydrogen-bond acceptors (Lipinski definition) is 19. The quantitative estimate of drug-likeness (QED) is 0.0307. The summed E-state index contributed by atoms with van der Waals surface area (Å²) in [5, 5.41) is 26.6. The van der Waals surface area contributed by atoms with Gasteiger partial charge in [0.1, 0.15) is 42.5 Å². The molecule has 8 atom stereocenters. The van der Waals surface area contributed by atoms with E-state index in [4.69, 9.17) is 19.5 Å². The molecule has 1 aliphatic heterocycles. The highest BCUT2D eigenvalue weighted by Gasteiger charge is 2.50. The Hall–Kier alpha value is -2.77. The molecule has 0 radical (unpaired) electrons. The van der Waals surface area contributed by atoms with Crippen LogP contribution in [0.25, 0.3) is 11.2 Å². The Morgan fingerprint density at radius 3 is 2.35 bits per heavy atom. The number of nitrogens with zero attached hydrogens (tertiary/aromatic N) is 4. The number of phosphoric ester groups is 3. The number of amides is 2. The Balaban J connectivity index is 1.38. The van der Waals surface area contributed by atoms with Crippen LogP contribution in [0.3, 0.4) is 0 Å². The molecule has 2 aromatic heterocycles. The normalized spacial score (nSPS) is 21.0. The van der Waals surface area contributed by atoms with E-state index in [0.29, 0.717) is 18.6 Å². The molecular weight excluding hydrogens is 919 g/mol. The largest absolute Gasteiger partial charge is 0.481 e. The van der Waals surface area contributed by atoms with Crippen LogP contribution in [-0.2, 0) is 55.5 Å². The van der Waals surface area contributed by atoms with Crippen molar-refractivity contribution in [1.82, 2.24) is 30.2 Å². The first kappa shape index (κ1) is 54.6. The number of anilines is 1. The van der Waals surface area contributed by atoms with Gasteiger partial charge < -0.3 is 55.7 Å². The van der Waals surface area contributed by atoms with Crippen LogP contribution in [0, 0.1) is 11.3 Å². The number of aliphatic hydroxyl groups is 2. The molecule has 1 aliphatic rings. The summed E-state index contributed by atoms with van der Waals surface area (Å²) in [6, 6.07) is 0. The molecule has 0 bridgehead atoms. The van der Waals surface area contributed by atoms with Crippen LogP contribution in [-0.4, -0.2) is 129 Å². The fraction of sp³-hybridized carbons (Fsp3) is 0.735. The summed E-state index contributed by atoms with van der Waals surface area (Å²) < 4.78 is 62.3. The summed E-state index contributed by atoms with van der Waals surface area (Å²) in [6.07, 6.45) is 2.30. The van der Waals surface area contributed by atoms with Crippen LogP contribution in [0.15, 0.2) is 12.7 Å². The molecule has 1 fully saturated rings. The third kappa shape index (κ3) is 18.9. The fourth-order valence-corrected chi connectivity index (χ4v) is 9.83. The van der Waals surface area contributed by atoms with E-state index in [1.54, 1.807) is 0 Å². The van der Waals surface area contributed by atoms with Crippen molar-refractivity contribution in [2.24, 2.45) is 11.3 Å². The third-order valence-electron chi connectivity index (χ3n) is 9.55. The maximum absolute atomic E-state index is 12.7. The lowest BCUT2D eigenvalue weighted by molar-refractivity contribution is -0.137. The Labute approximate surface area is 367 Å². The molecule has 0 spiro atoms. The number of fused-ring (bicyclic) bond motifs is 1. The lowest BCUT2D eigenvalue weighted by Gasteiger charge is -2.30. The molecular formula is C34H58N7O18P3S. The zero-order chi connectivity index (χ0) is 47.0. The molecule has 0 saturated carbocycles. The molecule has 3 rings (SSSR count). The zero-order valence-corrected chi connectivity index (χ0v) is 38.5. The summed E-state index contributed by atoms with van der Waals surface area (Å²) in [7, 11) is -16.4. The number of carbonyl (C=O) groups is 4. The maximum atomic E-state index is 12.7. The first-order valence-corrected chi connectivity index (χ1v) is 25.4. The van der Waals surface area contributed by atoms with Gasteiger partial charge in [-0.2, -0.15) is 4.31 Å². The highest BCUT2D eigenvalue weighted by atomic mass is 32.2. The van der Waals surface area contributed by atoms with E-state index in [-0.39, 0.29) is 47.5 Å². The maximum Gasteiger partial charge on any atom is 0.481 e. The second-order valence-electron chi connectivity index (χ2n) is 15.5. The Kier molecular flexibility index (Phi) is 21.8. The van der Waals surface area contributed by atoms with Gasteiger partial charge in [-0.25, -0.2) is 28.6 Å². The number of aldehydes is 1. The van der Waals surface area contributed by atoms with Crippen molar-refractivity contribution >= 4 is 75.4 Å². The molecule has 358 valence electrons. The van der Waals surface area contributed by atoms with Crippen LogP contribution in [0.2, 0.25) is 0 Å². The van der Waals surface area contributed by atoms with Crippen molar-refractivity contribution < 1.29 is 85.3 Å². The predicted molar refractivity (Wildman–Crippen MR) is 224 cm³/mol. The van der Waals surface area contributed by atoms with Gasteiger partial charge in [0.15, 0.2) is 22.8 Å². The average molecular weight is 978 g/mol. The van der Waals surface area contributed by atoms with E-state index in [1.807, 2.05) is 6.92 Å². The van der Waals surface area contributed by atoms with E-state index in [2.05, 4.69) is 34.4 Å². The van der Waals surface area contributed by atoms with E-state index in [1.165, 1.54) is 13.8 Å². The zero-order valence-electron chi connectivity index (χ0n) is 35.0. The molecule has 1 saturated heterocycles. The molecule has 2 aromatic rings. The van der Waals surface area contributed by atoms with Gasteiger partial charge in [0, 0.05) is 43.5 Å². The van der Waals surface area contributed by atoms with Crippen LogP contribution in [0.1, 0.15) is 91.2 Å². The van der Waals surface area contributed by atoms with Crippen molar-refractivity contribution in [1.29, 1.82) is 0 Å². The van der Waals surface area contributed by atoms with Gasteiger partial charge in [0.05, 0.1) is 19.5 Å². The lowest BCUT2D eigenvalue weighted by Crippen LogP contribution is -2.46. The third-order valence-corrected chi connectivity index (χ3v) is 13.5. The molecule has 29 heteroatoms. The Morgan fingerprint density at radius 1 is 1.00 bits per heavy atom. The summed E-state index contributed by atoms with van der Waals surface area (Å²) >= 11 is 1.12. The number of aliphatic hydroxyl groups excluding tert-OH is 2. The molecule has 3 unspecified atom stereocenters. The van der Waals surface area contributed by atoms with Crippen molar-refractivity contribution in [3.8, 4) is 0 Å². The van der Waals surface area contributed by atoms with Gasteiger partial charge in [0.25, 0.3) is 0 Å². The Morgan fingerprint density at radius 2 is 1.67 bits per heavy atom. The topological polar surface area (TPSA) is 381 Å². The standard InChI is InChI=1S/C34H58N7O18P3S/c1-22(11-9-7-5-4-6-8-10-15-42)17-25(44)63-16-14-36-24(43)12-13-37-32(47)29(46)34(2,3)19-56-62(53,54)59-61(51,52)55-18-23-28(58-60(48,49)50)27(45)33(57-23)41-21-40-26-30(35)38-20-39-31(26)41/h15,20-23,27-29,33,45-46H,4-14,16-19H2,1-3H3,(H,36,43)(H,37,47)(H,51,52)(H,53,54)(H2,35,38,39)(H2,48,49,50)/t22-,23-,27-,28-,29?,33-/m1/s1. The smallest absolute Gasteiger partial charge is 0.386 e. The van der Waals surface area contributed by atoms with E-state index >= 15 is 0 Å². The van der Waals surface area contributed by atoms with Gasteiger partial charge in [-0.3, -0.25) is 32.5 Å². The minimum absolute atomic E-state index is 0.0289. The van der Waals surface area contributed by atoms with Crippen LogP contribution >= 0.6 is 35.2 Å². The van der Waals surface area contributed by atoms with Crippen LogP contribution in [0.5, 0.6) is 0 Å². The van der Waals surface area contributed by atoms with Gasteiger partial charge in [0.2, 0.25) is 11.8 Å². The summed E-state index contributed by atoms with van der Waals surface area (Å²) in [4.78, 5) is 98.7. The number of nitrogens with two attached hydrogens (primary N) is 1. The molecule has 2 amide bonds. The number of hydrogen-bond donors (Lipinski definition) is 9. The molecule has 25 nitrogen and oxygen atoms in total. The average Bonchev–Trinajstić information content (AvgIpc) is 3.75. The first-order chi connectivity index (χ1) is 29.4. The van der Waals surface area contributed by atoms with Crippen molar-refractivity contribution in [3.63, 3.8) is 0 Å². The van der Waals surface area contributed by atoms with E-state index in [0.717, 1.165) is 80.2 Å². The molecule has 63 heavy (non-hydrogen) atoms. The minimum atomic E-state index is -5.58. The highest BCUT2D eigenvalue weighted by Crippen LogP contribution is 2.61. The Bertz CT molecular complexity index is 1970. The second kappa shape index (κ2) is 25.2. The van der Waals surface area contributed by atoms with Gasteiger partial charge >= 0.3 is 23.5 Å². The van der Waals surface area contributed by atoms with Crippen molar-refractivity contribution in [3.05, 3.63) is 12.7 Å².